The minimum Gasteiger partial charge on any atom is -0.377 e. The molecular formula is C29H29N4+. The minimum absolute atomic E-state index is 1.01. The Balaban J connectivity index is 1.77. The zero-order chi connectivity index (χ0) is 22.4. The molecule has 0 saturated carbocycles. The highest BCUT2D eigenvalue weighted by molar-refractivity contribution is 6.10. The molecule has 0 bridgehead atoms. The number of piperidine rings is 1. The van der Waals surface area contributed by atoms with Crippen LogP contribution >= 0.6 is 0 Å². The van der Waals surface area contributed by atoms with Crippen molar-refractivity contribution in [2.75, 3.05) is 37.0 Å². The van der Waals surface area contributed by atoms with Gasteiger partial charge in [0.05, 0.1) is 5.69 Å². The lowest BCUT2D eigenvalue weighted by molar-refractivity contribution is -0.538. The summed E-state index contributed by atoms with van der Waals surface area (Å²) in [5.41, 5.74) is 8.00. The van der Waals surface area contributed by atoms with E-state index in [0.29, 0.717) is 0 Å². The molecule has 4 aromatic carbocycles. The first-order chi connectivity index (χ1) is 16.2. The van der Waals surface area contributed by atoms with Crippen molar-refractivity contribution in [2.45, 2.75) is 19.3 Å². The number of para-hydroxylation sites is 1. The highest BCUT2D eigenvalue weighted by atomic mass is 15.1. The summed E-state index contributed by atoms with van der Waals surface area (Å²) in [6.07, 6.45) is 3.84. The number of hydrogen-bond donors (Lipinski definition) is 0. The van der Waals surface area contributed by atoms with E-state index in [-0.39, 0.29) is 0 Å². The van der Waals surface area contributed by atoms with Crippen LogP contribution in [-0.4, -0.2) is 32.2 Å². The molecule has 1 saturated heterocycles. The van der Waals surface area contributed by atoms with E-state index in [1.54, 1.807) is 0 Å². The first-order valence-electron chi connectivity index (χ1n) is 11.9. The fourth-order valence-electron chi connectivity index (χ4n) is 5.18. The molecule has 33 heavy (non-hydrogen) atoms. The predicted octanol–water partition coefficient (Wildman–Crippen LogP) is 5.87. The number of anilines is 2. The van der Waals surface area contributed by atoms with E-state index in [9.17, 15) is 0 Å². The van der Waals surface area contributed by atoms with Crippen molar-refractivity contribution in [1.29, 1.82) is 0 Å². The Morgan fingerprint density at radius 2 is 1.48 bits per heavy atom. The van der Waals surface area contributed by atoms with E-state index in [2.05, 4.69) is 107 Å². The summed E-state index contributed by atoms with van der Waals surface area (Å²) in [5, 5.41) is 2.52. The molecule has 0 atom stereocenters. The number of nitrogens with zero attached hydrogens (tertiary/aromatic N) is 4. The normalized spacial score (nSPS) is 14.3. The van der Waals surface area contributed by atoms with Crippen LogP contribution in [-0.2, 0) is 0 Å². The van der Waals surface area contributed by atoms with Gasteiger partial charge in [-0.25, -0.2) is 4.98 Å². The summed E-state index contributed by atoms with van der Waals surface area (Å²) in [6, 6.07) is 28.4. The number of aromatic nitrogens is 2. The number of fused-ring (bicyclic) bond motifs is 4. The summed E-state index contributed by atoms with van der Waals surface area (Å²) in [7, 11) is 4.18. The van der Waals surface area contributed by atoms with Crippen LogP contribution in [0.2, 0.25) is 0 Å². The lowest BCUT2D eigenvalue weighted by Crippen LogP contribution is -2.34. The van der Waals surface area contributed by atoms with Gasteiger partial charge in [0.1, 0.15) is 11.0 Å². The molecule has 1 aromatic heterocycles. The molecule has 5 aromatic rings. The van der Waals surface area contributed by atoms with E-state index < -0.39 is 0 Å². The largest absolute Gasteiger partial charge is 0.377 e. The molecule has 4 nitrogen and oxygen atoms in total. The molecular weight excluding hydrogens is 404 g/mol. The van der Waals surface area contributed by atoms with E-state index in [1.807, 2.05) is 0 Å². The van der Waals surface area contributed by atoms with Crippen molar-refractivity contribution in [3.05, 3.63) is 78.9 Å². The number of rotatable bonds is 3. The monoisotopic (exact) mass is 433 g/mol. The molecule has 0 radical (unpaired) electrons. The van der Waals surface area contributed by atoms with Gasteiger partial charge in [-0.2, -0.15) is 0 Å². The van der Waals surface area contributed by atoms with E-state index >= 15 is 0 Å². The molecule has 1 aliphatic heterocycles. The van der Waals surface area contributed by atoms with E-state index in [0.717, 1.165) is 40.8 Å². The van der Waals surface area contributed by atoms with Crippen LogP contribution in [0.15, 0.2) is 78.9 Å². The van der Waals surface area contributed by atoms with Crippen LogP contribution < -0.4 is 14.4 Å². The second-order valence-corrected chi connectivity index (χ2v) is 9.21. The summed E-state index contributed by atoms with van der Waals surface area (Å²) in [5.74, 6) is 0. The third kappa shape index (κ3) is 3.37. The van der Waals surface area contributed by atoms with Crippen LogP contribution in [0.1, 0.15) is 19.3 Å². The maximum Gasteiger partial charge on any atom is 0.240 e. The SMILES string of the molecule is CN(C)c1ccc2nc3c4ccccc4c(N4CCCCC4)cc3[n+](-c3ccccc3)c2c1. The van der Waals surface area contributed by atoms with Gasteiger partial charge in [-0.05, 0) is 31.4 Å². The van der Waals surface area contributed by atoms with Gasteiger partial charge in [-0.15, -0.1) is 4.57 Å². The van der Waals surface area contributed by atoms with E-state index in [1.165, 1.54) is 41.4 Å². The Hall–Kier alpha value is -3.66. The lowest BCUT2D eigenvalue weighted by Gasteiger charge is -2.30. The maximum atomic E-state index is 5.22. The quantitative estimate of drug-likeness (QED) is 0.202. The average molecular weight is 434 g/mol. The van der Waals surface area contributed by atoms with Gasteiger partial charge >= 0.3 is 0 Å². The Bertz CT molecular complexity index is 1470. The standard InChI is InChI=1S/C29H29N4/c1-31(2)22-15-16-25-27(19-22)33(21-11-5-3-6-12-21)28-20-26(32-17-9-4-10-18-32)23-13-7-8-14-24(23)29(28)30-25/h3,5-8,11-16,19-20H,4,9-10,17-18H2,1-2H3/q+1. The number of benzene rings is 4. The van der Waals surface area contributed by atoms with Crippen molar-refractivity contribution in [3.8, 4) is 5.69 Å². The van der Waals surface area contributed by atoms with Gasteiger partial charge in [0.2, 0.25) is 16.7 Å². The van der Waals surface area contributed by atoms with Gasteiger partial charge in [0.25, 0.3) is 0 Å². The van der Waals surface area contributed by atoms with Crippen molar-refractivity contribution < 1.29 is 4.57 Å². The maximum absolute atomic E-state index is 5.22. The second-order valence-electron chi connectivity index (χ2n) is 9.21. The highest BCUT2D eigenvalue weighted by Gasteiger charge is 2.25. The summed E-state index contributed by atoms with van der Waals surface area (Å²) >= 11 is 0. The first kappa shape index (κ1) is 20.0. The molecule has 0 unspecified atom stereocenters. The Kier molecular flexibility index (Phi) is 4.87. The van der Waals surface area contributed by atoms with Crippen LogP contribution in [0.5, 0.6) is 0 Å². The van der Waals surface area contributed by atoms with Crippen molar-refractivity contribution in [2.24, 2.45) is 0 Å². The molecule has 0 N–H and O–H groups in total. The molecule has 2 heterocycles. The van der Waals surface area contributed by atoms with Crippen molar-refractivity contribution in [1.82, 2.24) is 4.98 Å². The predicted molar refractivity (Wildman–Crippen MR) is 139 cm³/mol. The molecule has 4 heteroatoms. The summed E-state index contributed by atoms with van der Waals surface area (Å²) in [6.45, 7) is 2.24. The smallest absolute Gasteiger partial charge is 0.240 e. The second kappa shape index (κ2) is 8.04. The van der Waals surface area contributed by atoms with Gasteiger partial charge in [0.15, 0.2) is 0 Å². The Morgan fingerprint density at radius 3 is 2.24 bits per heavy atom. The third-order valence-electron chi connectivity index (χ3n) is 6.87. The molecule has 1 aliphatic rings. The van der Waals surface area contributed by atoms with E-state index in [4.69, 9.17) is 4.98 Å². The highest BCUT2D eigenvalue weighted by Crippen LogP contribution is 2.35. The minimum atomic E-state index is 1.01. The first-order valence-corrected chi connectivity index (χ1v) is 11.9. The van der Waals surface area contributed by atoms with Crippen LogP contribution in [0.3, 0.4) is 0 Å². The van der Waals surface area contributed by atoms with Crippen molar-refractivity contribution >= 4 is 44.2 Å². The molecule has 1 fully saturated rings. The Labute approximate surface area is 194 Å². The van der Waals surface area contributed by atoms with Gasteiger partial charge in [-0.3, -0.25) is 0 Å². The topological polar surface area (TPSA) is 23.3 Å². The van der Waals surface area contributed by atoms with Crippen LogP contribution in [0.4, 0.5) is 11.4 Å². The van der Waals surface area contributed by atoms with Crippen LogP contribution in [0, 0.1) is 0 Å². The van der Waals surface area contributed by atoms with Crippen molar-refractivity contribution in [3.63, 3.8) is 0 Å². The fourth-order valence-corrected chi connectivity index (χ4v) is 5.18. The molecule has 0 aliphatic carbocycles. The number of hydrogen-bond acceptors (Lipinski definition) is 3. The molecule has 0 spiro atoms. The van der Waals surface area contributed by atoms with Gasteiger partial charge in [0, 0.05) is 67.9 Å². The lowest BCUT2D eigenvalue weighted by atomic mass is 10.0. The summed E-state index contributed by atoms with van der Waals surface area (Å²) < 4.78 is 2.39. The third-order valence-corrected chi connectivity index (χ3v) is 6.87. The fraction of sp³-hybridized carbons (Fsp3) is 0.241. The zero-order valence-corrected chi connectivity index (χ0v) is 19.3. The molecule has 0 amide bonds. The average Bonchev–Trinajstić information content (AvgIpc) is 2.87. The van der Waals surface area contributed by atoms with Gasteiger partial charge in [-0.1, -0.05) is 42.5 Å². The van der Waals surface area contributed by atoms with Gasteiger partial charge < -0.3 is 9.80 Å². The van der Waals surface area contributed by atoms with Crippen LogP contribution in [0.25, 0.3) is 38.5 Å². The Morgan fingerprint density at radius 1 is 0.758 bits per heavy atom. The molecule has 6 rings (SSSR count). The molecule has 164 valence electrons. The summed E-state index contributed by atoms with van der Waals surface area (Å²) in [4.78, 5) is 9.94. The zero-order valence-electron chi connectivity index (χ0n) is 19.3.